The van der Waals surface area contributed by atoms with Gasteiger partial charge in [-0.2, -0.15) is 0 Å². The largest absolute Gasteiger partial charge is 0.457 e. The lowest BCUT2D eigenvalue weighted by Gasteiger charge is -2.10. The molecule has 0 saturated heterocycles. The van der Waals surface area contributed by atoms with Gasteiger partial charge in [0, 0.05) is 15.0 Å². The molecule has 0 saturated carbocycles. The van der Waals surface area contributed by atoms with E-state index in [0.717, 1.165) is 8.95 Å². The van der Waals surface area contributed by atoms with Crippen LogP contribution < -0.4 is 9.47 Å². The molecule has 0 bridgehead atoms. The van der Waals surface area contributed by atoms with Crippen molar-refractivity contribution in [3.05, 3.63) is 85.8 Å². The first-order valence-electron chi connectivity index (χ1n) is 7.16. The van der Waals surface area contributed by atoms with Crippen molar-refractivity contribution in [2.24, 2.45) is 0 Å². The molecular weight excluding hydrogens is 454 g/mol. The van der Waals surface area contributed by atoms with Crippen molar-refractivity contribution in [3.63, 3.8) is 0 Å². The van der Waals surface area contributed by atoms with Gasteiger partial charge in [0.15, 0.2) is 0 Å². The molecule has 0 heterocycles. The summed E-state index contributed by atoms with van der Waals surface area (Å²) in [5.74, 6) is 1.78. The molecule has 0 amide bonds. The van der Waals surface area contributed by atoms with E-state index in [1.165, 1.54) is 12.1 Å². The van der Waals surface area contributed by atoms with Crippen LogP contribution in [0.3, 0.4) is 0 Å². The zero-order chi connectivity index (χ0) is 17.8. The first-order valence-corrected chi connectivity index (χ1v) is 8.74. The lowest BCUT2D eigenvalue weighted by Crippen LogP contribution is -1.92. The minimum absolute atomic E-state index is 0.110. The molecule has 0 aliphatic carbocycles. The van der Waals surface area contributed by atoms with Gasteiger partial charge >= 0.3 is 0 Å². The van der Waals surface area contributed by atoms with Gasteiger partial charge in [0.25, 0.3) is 5.69 Å². The quantitative estimate of drug-likeness (QED) is 0.311. The molecule has 0 aliphatic rings. The van der Waals surface area contributed by atoms with E-state index in [0.29, 0.717) is 23.0 Å². The monoisotopic (exact) mass is 463 g/mol. The van der Waals surface area contributed by atoms with Gasteiger partial charge in [-0.05, 0) is 48.5 Å². The second-order valence-electron chi connectivity index (χ2n) is 5.03. The number of nitrogens with zero attached hydrogens (tertiary/aromatic N) is 1. The van der Waals surface area contributed by atoms with E-state index in [1.54, 1.807) is 30.3 Å². The average molecular weight is 465 g/mol. The highest BCUT2D eigenvalue weighted by Crippen LogP contribution is 2.33. The van der Waals surface area contributed by atoms with Crippen LogP contribution in [-0.4, -0.2) is 4.92 Å². The molecule has 3 aromatic rings. The number of hydrogen-bond acceptors (Lipinski definition) is 4. The third-order valence-electron chi connectivity index (χ3n) is 3.17. The fourth-order valence-electron chi connectivity index (χ4n) is 2.06. The van der Waals surface area contributed by atoms with E-state index >= 15 is 0 Å². The molecule has 0 fully saturated rings. The van der Waals surface area contributed by atoms with Crippen LogP contribution in [0.1, 0.15) is 0 Å². The molecule has 0 N–H and O–H groups in total. The lowest BCUT2D eigenvalue weighted by atomic mass is 10.2. The second kappa shape index (κ2) is 7.67. The lowest BCUT2D eigenvalue weighted by molar-refractivity contribution is -0.385. The van der Waals surface area contributed by atoms with Gasteiger partial charge < -0.3 is 9.47 Å². The number of halogens is 2. The van der Waals surface area contributed by atoms with Crippen molar-refractivity contribution >= 4 is 37.5 Å². The Kier molecular flexibility index (Phi) is 5.35. The van der Waals surface area contributed by atoms with Gasteiger partial charge in [-0.15, -0.1) is 0 Å². The van der Waals surface area contributed by atoms with E-state index in [4.69, 9.17) is 9.47 Å². The van der Waals surface area contributed by atoms with E-state index in [1.807, 2.05) is 24.3 Å². The molecule has 3 rings (SSSR count). The molecule has 7 heteroatoms. The summed E-state index contributed by atoms with van der Waals surface area (Å²) >= 11 is 6.69. The van der Waals surface area contributed by atoms with Crippen LogP contribution in [0.2, 0.25) is 0 Å². The molecule has 5 nitrogen and oxygen atoms in total. The Morgan fingerprint density at radius 1 is 0.680 bits per heavy atom. The molecule has 3 aromatic carbocycles. The van der Waals surface area contributed by atoms with Crippen molar-refractivity contribution in [2.45, 2.75) is 0 Å². The fourth-order valence-corrected chi connectivity index (χ4v) is 2.59. The first-order chi connectivity index (χ1) is 12.0. The highest BCUT2D eigenvalue weighted by atomic mass is 79.9. The molecule has 126 valence electrons. The van der Waals surface area contributed by atoms with E-state index in [2.05, 4.69) is 31.9 Å². The first kappa shape index (κ1) is 17.4. The number of benzene rings is 3. The van der Waals surface area contributed by atoms with E-state index in [9.17, 15) is 10.1 Å². The highest BCUT2D eigenvalue weighted by molar-refractivity contribution is 9.10. The van der Waals surface area contributed by atoms with E-state index < -0.39 is 4.92 Å². The SMILES string of the molecule is O=[N+]([O-])c1cc(Oc2ccc(Br)cc2)cc(Oc2ccc(Br)cc2)c1. The normalized spacial score (nSPS) is 10.3. The minimum atomic E-state index is -0.483. The summed E-state index contributed by atoms with van der Waals surface area (Å²) in [6.45, 7) is 0. The van der Waals surface area contributed by atoms with Crippen LogP contribution in [0.5, 0.6) is 23.0 Å². The molecule has 0 atom stereocenters. The molecular formula is C18H11Br2NO4. The number of hydrogen-bond donors (Lipinski definition) is 0. The number of ether oxygens (including phenoxy) is 2. The second-order valence-corrected chi connectivity index (χ2v) is 6.86. The van der Waals surface area contributed by atoms with Crippen LogP contribution in [-0.2, 0) is 0 Å². The van der Waals surface area contributed by atoms with Crippen LogP contribution in [0.15, 0.2) is 75.7 Å². The standard InChI is InChI=1S/C18H11Br2NO4/c19-12-1-5-15(6-2-12)24-17-9-14(21(22)23)10-18(11-17)25-16-7-3-13(20)4-8-16/h1-11H. The summed E-state index contributed by atoms with van der Waals surface area (Å²) in [5, 5.41) is 11.2. The summed E-state index contributed by atoms with van der Waals surface area (Å²) < 4.78 is 13.2. The summed E-state index contributed by atoms with van der Waals surface area (Å²) in [4.78, 5) is 10.7. The van der Waals surface area contributed by atoms with Crippen molar-refractivity contribution in [3.8, 4) is 23.0 Å². The summed E-state index contributed by atoms with van der Waals surface area (Å²) in [6, 6.07) is 18.7. The van der Waals surface area contributed by atoms with Gasteiger partial charge in [0.1, 0.15) is 23.0 Å². The Balaban J connectivity index is 1.89. The fraction of sp³-hybridized carbons (Fsp3) is 0. The summed E-state index contributed by atoms with van der Waals surface area (Å²) in [5.41, 5.74) is -0.110. The molecule has 25 heavy (non-hydrogen) atoms. The third-order valence-corrected chi connectivity index (χ3v) is 4.23. The van der Waals surface area contributed by atoms with Crippen molar-refractivity contribution in [1.29, 1.82) is 0 Å². The van der Waals surface area contributed by atoms with Gasteiger partial charge in [-0.1, -0.05) is 31.9 Å². The van der Waals surface area contributed by atoms with Crippen molar-refractivity contribution in [2.75, 3.05) is 0 Å². The average Bonchev–Trinajstić information content (AvgIpc) is 2.59. The Morgan fingerprint density at radius 2 is 1.08 bits per heavy atom. The topological polar surface area (TPSA) is 61.6 Å². The van der Waals surface area contributed by atoms with Crippen LogP contribution in [0, 0.1) is 10.1 Å². The maximum absolute atomic E-state index is 11.2. The Labute approximate surface area is 160 Å². The molecule has 0 aromatic heterocycles. The summed E-state index contributed by atoms with van der Waals surface area (Å²) in [6.07, 6.45) is 0. The van der Waals surface area contributed by atoms with E-state index in [-0.39, 0.29) is 5.69 Å². The van der Waals surface area contributed by atoms with Crippen LogP contribution >= 0.6 is 31.9 Å². The summed E-state index contributed by atoms with van der Waals surface area (Å²) in [7, 11) is 0. The smallest absolute Gasteiger partial charge is 0.276 e. The number of nitro groups is 1. The van der Waals surface area contributed by atoms with Crippen molar-refractivity contribution in [1.82, 2.24) is 0 Å². The third kappa shape index (κ3) is 4.80. The van der Waals surface area contributed by atoms with Gasteiger partial charge in [0.05, 0.1) is 17.1 Å². The zero-order valence-corrected chi connectivity index (χ0v) is 15.9. The van der Waals surface area contributed by atoms with Gasteiger partial charge in [0.2, 0.25) is 0 Å². The Bertz CT molecular complexity index is 830. The Morgan fingerprint density at radius 3 is 1.44 bits per heavy atom. The molecule has 0 spiro atoms. The molecule has 0 radical (unpaired) electrons. The Hall–Kier alpha value is -2.38. The zero-order valence-electron chi connectivity index (χ0n) is 12.7. The minimum Gasteiger partial charge on any atom is -0.457 e. The number of nitro benzene ring substituents is 1. The van der Waals surface area contributed by atoms with Gasteiger partial charge in [-0.3, -0.25) is 10.1 Å². The molecule has 0 aliphatic heterocycles. The van der Waals surface area contributed by atoms with Crippen LogP contribution in [0.4, 0.5) is 5.69 Å². The van der Waals surface area contributed by atoms with Gasteiger partial charge in [-0.25, -0.2) is 0 Å². The van der Waals surface area contributed by atoms with Crippen molar-refractivity contribution < 1.29 is 14.4 Å². The molecule has 0 unspecified atom stereocenters. The highest BCUT2D eigenvalue weighted by Gasteiger charge is 2.13. The number of rotatable bonds is 5. The maximum Gasteiger partial charge on any atom is 0.276 e. The predicted octanol–water partition coefficient (Wildman–Crippen LogP) is 6.70. The predicted molar refractivity (Wildman–Crippen MR) is 102 cm³/mol. The van der Waals surface area contributed by atoms with Crippen LogP contribution in [0.25, 0.3) is 0 Å². The number of non-ortho nitro benzene ring substituents is 1. The maximum atomic E-state index is 11.2.